The number of carboxylic acid groups (broad SMARTS) is 2. The number of ether oxygens (including phenoxy) is 4. The van der Waals surface area contributed by atoms with Crippen molar-refractivity contribution in [3.05, 3.63) is 18.2 Å². The highest BCUT2D eigenvalue weighted by molar-refractivity contribution is 5.91. The van der Waals surface area contributed by atoms with Gasteiger partial charge in [-0.1, -0.05) is 103 Å². The molecule has 1 aromatic rings. The molecule has 0 unspecified atom stereocenters. The summed E-state index contributed by atoms with van der Waals surface area (Å²) in [4.78, 5) is 104. The number of unbranched alkanes of at least 4 members (excludes halogenated alkanes) is 15. The third kappa shape index (κ3) is 39.0. The molecule has 72 heavy (non-hydrogen) atoms. The second-order valence-electron chi connectivity index (χ2n) is 18.5. The monoisotopic (exact) mass is 1020 g/mol. The average Bonchev–Trinajstić information content (AvgIpc) is 3.87. The van der Waals surface area contributed by atoms with Gasteiger partial charge in [0, 0.05) is 76.0 Å². The summed E-state index contributed by atoms with van der Waals surface area (Å²) in [6.45, 7) is 3.72. The third-order valence-electron chi connectivity index (χ3n) is 12.1. The minimum Gasteiger partial charge on any atom is -0.481 e. The maximum absolute atomic E-state index is 12.7. The molecule has 0 bridgehead atoms. The summed E-state index contributed by atoms with van der Waals surface area (Å²) in [5, 5.41) is 26.6. The highest BCUT2D eigenvalue weighted by atomic mass is 16.5. The van der Waals surface area contributed by atoms with Gasteiger partial charge in [-0.3, -0.25) is 38.4 Å². The lowest BCUT2D eigenvalue weighted by Gasteiger charge is -2.17. The fourth-order valence-electron chi connectivity index (χ4n) is 7.84. The average molecular weight is 1020 g/mol. The predicted molar refractivity (Wildman–Crippen MR) is 270 cm³/mol. The number of hydrogen-bond acceptors (Lipinski definition) is 13. The number of carboxylic acids is 2. The molecule has 7 N–H and O–H groups in total. The normalized spacial score (nSPS) is 12.5. The van der Waals surface area contributed by atoms with E-state index in [0.717, 1.165) is 19.3 Å². The first-order valence-corrected chi connectivity index (χ1v) is 26.6. The molecule has 20 nitrogen and oxygen atoms in total. The Kier molecular flexibility index (Phi) is 40.9. The Morgan fingerprint density at radius 2 is 1.08 bits per heavy atom. The summed E-state index contributed by atoms with van der Waals surface area (Å²) < 4.78 is 21.5. The van der Waals surface area contributed by atoms with E-state index in [1.54, 1.807) is 0 Å². The van der Waals surface area contributed by atoms with Crippen LogP contribution in [0, 0.1) is 11.8 Å². The molecule has 1 heterocycles. The smallest absolute Gasteiger partial charge is 0.306 e. The number of aromatic nitrogens is 2. The number of H-pyrrole nitrogens is 1. The Labute approximate surface area is 427 Å². The lowest BCUT2D eigenvalue weighted by molar-refractivity contribution is -0.144. The van der Waals surface area contributed by atoms with Crippen LogP contribution >= 0.6 is 0 Å². The number of hydrogen-bond donors (Lipinski definition) is 6. The molecule has 411 valence electrons. The van der Waals surface area contributed by atoms with Gasteiger partial charge in [0.1, 0.15) is 24.8 Å². The Hall–Kier alpha value is -4.63. The lowest BCUT2D eigenvalue weighted by Crippen LogP contribution is -2.32. The van der Waals surface area contributed by atoms with Gasteiger partial charge < -0.3 is 50.1 Å². The van der Waals surface area contributed by atoms with Crippen molar-refractivity contribution in [3.8, 4) is 0 Å². The van der Waals surface area contributed by atoms with E-state index in [1.165, 1.54) is 89.6 Å². The van der Waals surface area contributed by atoms with Gasteiger partial charge in [0.05, 0.1) is 64.3 Å². The third-order valence-corrected chi connectivity index (χ3v) is 12.1. The van der Waals surface area contributed by atoms with Crippen molar-refractivity contribution in [1.82, 2.24) is 31.7 Å². The Bertz CT molecular complexity index is 1630. The topological polar surface area (TPSA) is 303 Å². The summed E-state index contributed by atoms with van der Waals surface area (Å²) in [6, 6.07) is -1.08. The van der Waals surface area contributed by atoms with Gasteiger partial charge in [0.2, 0.25) is 17.7 Å². The molecule has 0 aliphatic carbocycles. The van der Waals surface area contributed by atoms with Crippen LogP contribution in [-0.2, 0) is 63.7 Å². The molecular weight excluding hydrogens is 933 g/mol. The van der Waals surface area contributed by atoms with E-state index in [2.05, 4.69) is 32.8 Å². The Balaban J connectivity index is 2.00. The molecule has 1 aromatic heterocycles. The van der Waals surface area contributed by atoms with Crippen molar-refractivity contribution < 1.29 is 67.5 Å². The zero-order valence-corrected chi connectivity index (χ0v) is 43.3. The number of nitrogens with zero attached hydrogens (tertiary/aromatic N) is 1. The SMILES string of the molecule is CCCCCCCCCCCCCCCCCC(=O)C[C@@H](CCC(=O)NCCOCCOCC(=O)NCCOCCOCC(=O)NCCCC[C@H](CC(=O)[C@@H]([NH])Cc1cnc[nH]1)C(=O)CCC(=O)O)C(=O)O. The predicted octanol–water partition coefficient (Wildman–Crippen LogP) is 5.90. The highest BCUT2D eigenvalue weighted by Gasteiger charge is 2.26. The van der Waals surface area contributed by atoms with Gasteiger partial charge in [-0.25, -0.2) is 10.7 Å². The standard InChI is InChI=1S/C52H89N6O14/c1-2-3-4-5-6-7-8-9-10-11-12-13-14-15-16-20-44(59)34-42(52(67)68)21-23-48(62)56-26-28-69-30-33-72-39-50(64)57-27-29-70-31-32-71-38-49(63)55-25-18-17-19-41(46(60)22-24-51(65)66)35-47(61)45(53)36-43-37-54-40-58-43/h37,40-42,45,53H,2-36,38-39H2,1H3,(H,54,58)(H,55,63)(H,56,62)(H,57,64)(H,65,66)(H,67,68)/t41-,42-,45+/m1/s1. The van der Waals surface area contributed by atoms with Crippen LogP contribution < -0.4 is 21.7 Å². The Morgan fingerprint density at radius 3 is 1.61 bits per heavy atom. The van der Waals surface area contributed by atoms with Crippen molar-refractivity contribution in [1.29, 1.82) is 0 Å². The van der Waals surface area contributed by atoms with Crippen LogP contribution in [0.5, 0.6) is 0 Å². The first-order valence-electron chi connectivity index (χ1n) is 26.6. The van der Waals surface area contributed by atoms with Crippen LogP contribution in [0.1, 0.15) is 173 Å². The second kappa shape index (κ2) is 45.0. The fraction of sp³-hybridized carbons (Fsp3) is 0.788. The number of Topliss-reactive ketones (excluding diaryl/α,β-unsaturated/α-hetero) is 3. The zero-order chi connectivity index (χ0) is 52.9. The number of carbonyl (C=O) groups excluding carboxylic acids is 6. The summed E-state index contributed by atoms with van der Waals surface area (Å²) in [6.07, 6.45) is 22.7. The second-order valence-corrected chi connectivity index (χ2v) is 18.5. The Morgan fingerprint density at radius 1 is 0.556 bits per heavy atom. The quantitative estimate of drug-likeness (QED) is 0.0414. The van der Waals surface area contributed by atoms with Crippen molar-refractivity contribution in [2.75, 3.05) is 72.5 Å². The van der Waals surface area contributed by atoms with E-state index in [9.17, 15) is 43.5 Å². The number of aromatic amines is 1. The van der Waals surface area contributed by atoms with Crippen molar-refractivity contribution in [2.24, 2.45) is 11.8 Å². The van der Waals surface area contributed by atoms with E-state index in [0.29, 0.717) is 37.9 Å². The number of imidazole rings is 1. The van der Waals surface area contributed by atoms with E-state index >= 15 is 0 Å². The zero-order valence-electron chi connectivity index (χ0n) is 43.3. The molecule has 0 aromatic carbocycles. The number of nitrogens with one attached hydrogen (secondary N) is 5. The van der Waals surface area contributed by atoms with Crippen LogP contribution in [0.3, 0.4) is 0 Å². The number of carbonyl (C=O) groups is 8. The van der Waals surface area contributed by atoms with E-state index in [1.807, 2.05) is 0 Å². The van der Waals surface area contributed by atoms with E-state index in [4.69, 9.17) is 29.8 Å². The highest BCUT2D eigenvalue weighted by Crippen LogP contribution is 2.20. The molecule has 1 rings (SSSR count). The largest absolute Gasteiger partial charge is 0.481 e. The van der Waals surface area contributed by atoms with Gasteiger partial charge >= 0.3 is 11.9 Å². The molecule has 0 saturated carbocycles. The van der Waals surface area contributed by atoms with Crippen LogP contribution in [0.15, 0.2) is 12.5 Å². The summed E-state index contributed by atoms with van der Waals surface area (Å²) >= 11 is 0. The van der Waals surface area contributed by atoms with Crippen LogP contribution in [0.4, 0.5) is 0 Å². The molecule has 0 fully saturated rings. The summed E-state index contributed by atoms with van der Waals surface area (Å²) in [5.41, 5.74) is 8.80. The molecular formula is C52H89N6O14. The molecule has 20 heteroatoms. The first-order chi connectivity index (χ1) is 34.8. The molecule has 0 spiro atoms. The van der Waals surface area contributed by atoms with Gasteiger partial charge in [-0.15, -0.1) is 0 Å². The molecule has 3 amide bonds. The van der Waals surface area contributed by atoms with Crippen molar-refractivity contribution in [3.63, 3.8) is 0 Å². The molecule has 0 saturated heterocycles. The number of ketones is 3. The van der Waals surface area contributed by atoms with Crippen LogP contribution in [0.25, 0.3) is 0 Å². The number of amides is 3. The van der Waals surface area contributed by atoms with Crippen LogP contribution in [-0.4, -0.2) is 146 Å². The maximum atomic E-state index is 12.7. The minimum atomic E-state index is -1.11. The summed E-state index contributed by atoms with van der Waals surface area (Å²) in [5.74, 6) is -5.58. The van der Waals surface area contributed by atoms with Gasteiger partial charge in [-0.2, -0.15) is 0 Å². The van der Waals surface area contributed by atoms with E-state index in [-0.39, 0.29) is 140 Å². The number of rotatable bonds is 52. The van der Waals surface area contributed by atoms with Crippen LogP contribution in [0.2, 0.25) is 0 Å². The van der Waals surface area contributed by atoms with Crippen molar-refractivity contribution in [2.45, 2.75) is 180 Å². The maximum Gasteiger partial charge on any atom is 0.306 e. The molecule has 1 radical (unpaired) electrons. The summed E-state index contributed by atoms with van der Waals surface area (Å²) in [7, 11) is 0. The number of aliphatic carboxylic acids is 2. The molecule has 0 aliphatic heterocycles. The van der Waals surface area contributed by atoms with E-state index < -0.39 is 35.6 Å². The lowest BCUT2D eigenvalue weighted by atomic mass is 9.87. The first kappa shape index (κ1) is 65.4. The molecule has 3 atom stereocenters. The fourth-order valence-corrected chi connectivity index (χ4v) is 7.84. The van der Waals surface area contributed by atoms with Gasteiger partial charge in [-0.05, 0) is 25.7 Å². The van der Waals surface area contributed by atoms with Crippen molar-refractivity contribution >= 4 is 47.0 Å². The van der Waals surface area contributed by atoms with Gasteiger partial charge in [0.15, 0.2) is 5.78 Å². The molecule has 0 aliphatic rings. The van der Waals surface area contributed by atoms with Gasteiger partial charge in [0.25, 0.3) is 0 Å². The minimum absolute atomic E-state index is 0.00475.